The summed E-state index contributed by atoms with van der Waals surface area (Å²) < 4.78 is 1.08. The molecule has 0 heterocycles. The molecule has 0 aliphatic rings. The molecule has 0 atom stereocenters. The van der Waals surface area contributed by atoms with Crippen LogP contribution in [0.1, 0.15) is 11.1 Å². The summed E-state index contributed by atoms with van der Waals surface area (Å²) >= 11 is 9.49. The molecule has 0 radical (unpaired) electrons. The van der Waals surface area contributed by atoms with E-state index in [4.69, 9.17) is 11.6 Å². The summed E-state index contributed by atoms with van der Waals surface area (Å²) in [7, 11) is 0. The number of rotatable bonds is 3. The van der Waals surface area contributed by atoms with E-state index >= 15 is 0 Å². The average Bonchev–Trinajstić information content (AvgIpc) is 2.28. The molecule has 0 saturated heterocycles. The third kappa shape index (κ3) is 3.48. The van der Waals surface area contributed by atoms with Crippen molar-refractivity contribution >= 4 is 33.2 Å². The Balaban J connectivity index is 2.07. The fourth-order valence-electron chi connectivity index (χ4n) is 1.61. The molecule has 3 heteroatoms. The van der Waals surface area contributed by atoms with Gasteiger partial charge in [0.25, 0.3) is 0 Å². The van der Waals surface area contributed by atoms with Gasteiger partial charge in [-0.25, -0.2) is 0 Å². The van der Waals surface area contributed by atoms with Gasteiger partial charge in [0, 0.05) is 21.7 Å². The maximum Gasteiger partial charge on any atom is 0.0487 e. The van der Waals surface area contributed by atoms with Crippen molar-refractivity contribution in [2.24, 2.45) is 0 Å². The van der Waals surface area contributed by atoms with Crippen LogP contribution in [0.4, 0.5) is 5.69 Å². The van der Waals surface area contributed by atoms with Crippen LogP contribution in [-0.4, -0.2) is 0 Å². The fourth-order valence-corrected chi connectivity index (χ4v) is 2.45. The molecule has 0 saturated carbocycles. The Morgan fingerprint density at radius 2 is 2.00 bits per heavy atom. The van der Waals surface area contributed by atoms with Crippen LogP contribution in [0.25, 0.3) is 0 Å². The minimum absolute atomic E-state index is 0.766. The zero-order valence-electron chi connectivity index (χ0n) is 9.50. The molecule has 0 aromatic heterocycles. The molecule has 2 rings (SSSR count). The first-order chi connectivity index (χ1) is 8.15. The first-order valence-electron chi connectivity index (χ1n) is 5.39. The Labute approximate surface area is 115 Å². The molecular formula is C14H13BrClN. The van der Waals surface area contributed by atoms with Crippen LogP contribution in [0.5, 0.6) is 0 Å². The smallest absolute Gasteiger partial charge is 0.0487 e. The highest BCUT2D eigenvalue weighted by Gasteiger charge is 2.00. The third-order valence-corrected chi connectivity index (χ3v) is 3.39. The first kappa shape index (κ1) is 12.5. The van der Waals surface area contributed by atoms with Gasteiger partial charge in [0.1, 0.15) is 0 Å². The minimum atomic E-state index is 0.766. The second-order valence-corrected chi connectivity index (χ2v) is 5.26. The summed E-state index contributed by atoms with van der Waals surface area (Å²) in [6.45, 7) is 2.84. The van der Waals surface area contributed by atoms with Crippen LogP contribution in [0.2, 0.25) is 5.02 Å². The molecule has 1 nitrogen and oxygen atoms in total. The number of halogens is 2. The quantitative estimate of drug-likeness (QED) is 0.839. The molecule has 0 unspecified atom stereocenters. The van der Waals surface area contributed by atoms with E-state index in [-0.39, 0.29) is 0 Å². The van der Waals surface area contributed by atoms with Gasteiger partial charge in [-0.3, -0.25) is 0 Å². The summed E-state index contributed by atoms with van der Waals surface area (Å²) in [4.78, 5) is 0. The highest BCUT2D eigenvalue weighted by atomic mass is 79.9. The Kier molecular flexibility index (Phi) is 4.08. The van der Waals surface area contributed by atoms with Crippen molar-refractivity contribution in [3.05, 3.63) is 63.1 Å². The summed E-state index contributed by atoms with van der Waals surface area (Å²) in [5.41, 5.74) is 3.51. The van der Waals surface area contributed by atoms with Gasteiger partial charge in [0.05, 0.1) is 0 Å². The third-order valence-electron chi connectivity index (χ3n) is 2.50. The highest BCUT2D eigenvalue weighted by Crippen LogP contribution is 2.24. The maximum atomic E-state index is 5.94. The predicted molar refractivity (Wildman–Crippen MR) is 77.7 cm³/mol. The van der Waals surface area contributed by atoms with Crippen molar-refractivity contribution in [2.75, 3.05) is 5.32 Å². The largest absolute Gasteiger partial charge is 0.380 e. The second kappa shape index (κ2) is 5.56. The Bertz CT molecular complexity index is 525. The predicted octanol–water partition coefficient (Wildman–Crippen LogP) is 5.02. The normalized spacial score (nSPS) is 10.3. The van der Waals surface area contributed by atoms with E-state index in [1.165, 1.54) is 11.1 Å². The summed E-state index contributed by atoms with van der Waals surface area (Å²) in [5, 5.41) is 4.15. The molecule has 2 aromatic carbocycles. The SMILES string of the molecule is Cc1ccc(NCc2cccc(Cl)c2)c(Br)c1. The minimum Gasteiger partial charge on any atom is -0.380 e. The molecule has 0 spiro atoms. The molecular weight excluding hydrogens is 298 g/mol. The molecule has 0 amide bonds. The van der Waals surface area contributed by atoms with E-state index in [1.54, 1.807) is 0 Å². The van der Waals surface area contributed by atoms with Gasteiger partial charge in [-0.05, 0) is 58.2 Å². The van der Waals surface area contributed by atoms with Gasteiger partial charge in [0.15, 0.2) is 0 Å². The summed E-state index contributed by atoms with van der Waals surface area (Å²) in [5.74, 6) is 0. The van der Waals surface area contributed by atoms with Gasteiger partial charge in [-0.15, -0.1) is 0 Å². The van der Waals surface area contributed by atoms with E-state index in [9.17, 15) is 0 Å². The monoisotopic (exact) mass is 309 g/mol. The van der Waals surface area contributed by atoms with Gasteiger partial charge >= 0.3 is 0 Å². The number of aryl methyl sites for hydroxylation is 1. The van der Waals surface area contributed by atoms with E-state index in [2.05, 4.69) is 52.4 Å². The number of nitrogens with one attached hydrogen (secondary N) is 1. The molecule has 88 valence electrons. The van der Waals surface area contributed by atoms with Crippen molar-refractivity contribution in [1.29, 1.82) is 0 Å². The van der Waals surface area contributed by atoms with Gasteiger partial charge in [0.2, 0.25) is 0 Å². The van der Waals surface area contributed by atoms with Crippen molar-refractivity contribution in [3.8, 4) is 0 Å². The Morgan fingerprint density at radius 3 is 2.71 bits per heavy atom. The van der Waals surface area contributed by atoms with Crippen LogP contribution >= 0.6 is 27.5 Å². The summed E-state index contributed by atoms with van der Waals surface area (Å²) in [6.07, 6.45) is 0. The van der Waals surface area contributed by atoms with Crippen molar-refractivity contribution in [2.45, 2.75) is 13.5 Å². The first-order valence-corrected chi connectivity index (χ1v) is 6.57. The highest BCUT2D eigenvalue weighted by molar-refractivity contribution is 9.10. The molecule has 17 heavy (non-hydrogen) atoms. The molecule has 0 fully saturated rings. The number of anilines is 1. The van der Waals surface area contributed by atoms with Gasteiger partial charge < -0.3 is 5.32 Å². The number of hydrogen-bond acceptors (Lipinski definition) is 1. The molecule has 0 bridgehead atoms. The Hall–Kier alpha value is -0.990. The second-order valence-electron chi connectivity index (χ2n) is 3.97. The molecule has 2 aromatic rings. The Morgan fingerprint density at radius 1 is 1.18 bits per heavy atom. The molecule has 1 N–H and O–H groups in total. The van der Waals surface area contributed by atoms with E-state index in [0.717, 1.165) is 21.7 Å². The lowest BCUT2D eigenvalue weighted by atomic mass is 10.2. The fraction of sp³-hybridized carbons (Fsp3) is 0.143. The number of hydrogen-bond donors (Lipinski definition) is 1. The van der Waals surface area contributed by atoms with E-state index < -0.39 is 0 Å². The van der Waals surface area contributed by atoms with Crippen LogP contribution in [0.3, 0.4) is 0 Å². The zero-order valence-corrected chi connectivity index (χ0v) is 11.8. The van der Waals surface area contributed by atoms with Crippen LogP contribution < -0.4 is 5.32 Å². The average molecular weight is 311 g/mol. The topological polar surface area (TPSA) is 12.0 Å². The van der Waals surface area contributed by atoms with Crippen molar-refractivity contribution < 1.29 is 0 Å². The molecule has 0 aliphatic carbocycles. The van der Waals surface area contributed by atoms with E-state index in [0.29, 0.717) is 0 Å². The lowest BCUT2D eigenvalue weighted by molar-refractivity contribution is 1.14. The molecule has 0 aliphatic heterocycles. The summed E-state index contributed by atoms with van der Waals surface area (Å²) in [6, 6.07) is 14.1. The standard InChI is InChI=1S/C14H13BrClN/c1-10-5-6-14(13(15)7-10)17-9-11-3-2-4-12(16)8-11/h2-8,17H,9H2,1H3. The van der Waals surface area contributed by atoms with E-state index in [1.807, 2.05) is 18.2 Å². The lowest BCUT2D eigenvalue weighted by Crippen LogP contribution is -1.99. The maximum absolute atomic E-state index is 5.94. The van der Waals surface area contributed by atoms with Crippen LogP contribution in [0, 0.1) is 6.92 Å². The zero-order chi connectivity index (χ0) is 12.3. The number of benzene rings is 2. The van der Waals surface area contributed by atoms with Crippen molar-refractivity contribution in [3.63, 3.8) is 0 Å². The lowest BCUT2D eigenvalue weighted by Gasteiger charge is -2.09. The van der Waals surface area contributed by atoms with Gasteiger partial charge in [-0.2, -0.15) is 0 Å². The van der Waals surface area contributed by atoms with Crippen LogP contribution in [-0.2, 0) is 6.54 Å². The van der Waals surface area contributed by atoms with Crippen LogP contribution in [0.15, 0.2) is 46.9 Å². The van der Waals surface area contributed by atoms with Crippen molar-refractivity contribution in [1.82, 2.24) is 0 Å². The van der Waals surface area contributed by atoms with Gasteiger partial charge in [-0.1, -0.05) is 29.8 Å².